The molecular weight excluding hydrogens is 366 g/mol. The molecule has 1 aromatic heterocycles. The molecule has 6 nitrogen and oxygen atoms in total. The number of hydrogen-bond donors (Lipinski definition) is 4. The lowest BCUT2D eigenvalue weighted by atomic mass is 10.00. The lowest BCUT2D eigenvalue weighted by Crippen LogP contribution is -2.27. The highest BCUT2D eigenvalue weighted by Crippen LogP contribution is 2.24. The first-order chi connectivity index (χ1) is 14.1. The standard InChI is InChI=1S/C23H21N3O3/c27-21(14-20-22(28)26-23(29)25-20)24-12-11-15-5-7-17(8-6-15)19-10-9-16-3-1-2-4-18(16)13-19/h1-10,13,28H,11-12,14H2,(H,24,27)(H2,25,26,29). The van der Waals surface area contributed by atoms with Gasteiger partial charge in [-0.05, 0) is 39.9 Å². The third kappa shape index (κ3) is 4.38. The Bertz CT molecular complexity index is 1210. The monoisotopic (exact) mass is 387 g/mol. The van der Waals surface area contributed by atoms with E-state index < -0.39 is 5.69 Å². The average Bonchev–Trinajstić information content (AvgIpc) is 3.04. The molecule has 0 aliphatic carbocycles. The van der Waals surface area contributed by atoms with Crippen LogP contribution in [-0.4, -0.2) is 27.5 Å². The first kappa shape index (κ1) is 18.6. The van der Waals surface area contributed by atoms with Gasteiger partial charge >= 0.3 is 5.69 Å². The van der Waals surface area contributed by atoms with Gasteiger partial charge in [0.25, 0.3) is 0 Å². The Kier molecular flexibility index (Phi) is 5.16. The summed E-state index contributed by atoms with van der Waals surface area (Å²) in [5.41, 5.74) is 3.09. The summed E-state index contributed by atoms with van der Waals surface area (Å²) in [6.45, 7) is 0.476. The smallest absolute Gasteiger partial charge is 0.325 e. The summed E-state index contributed by atoms with van der Waals surface area (Å²) in [6, 6.07) is 23.0. The highest BCUT2D eigenvalue weighted by atomic mass is 16.3. The van der Waals surface area contributed by atoms with Crippen molar-refractivity contribution in [3.05, 3.63) is 88.5 Å². The summed E-state index contributed by atoms with van der Waals surface area (Å²) in [5.74, 6) is -0.558. The highest BCUT2D eigenvalue weighted by Gasteiger charge is 2.10. The zero-order chi connectivity index (χ0) is 20.2. The molecule has 0 spiro atoms. The molecule has 4 rings (SSSR count). The minimum absolute atomic E-state index is 0.0779. The molecule has 0 aliphatic heterocycles. The zero-order valence-electron chi connectivity index (χ0n) is 15.7. The zero-order valence-corrected chi connectivity index (χ0v) is 15.7. The van der Waals surface area contributed by atoms with Gasteiger partial charge in [0, 0.05) is 6.54 Å². The summed E-state index contributed by atoms with van der Waals surface area (Å²) >= 11 is 0. The number of aromatic hydroxyl groups is 1. The van der Waals surface area contributed by atoms with Crippen LogP contribution >= 0.6 is 0 Å². The number of imidazole rings is 1. The van der Waals surface area contributed by atoms with E-state index in [1.807, 2.05) is 12.1 Å². The molecular formula is C23H21N3O3. The SMILES string of the molecule is O=C(Cc1[nH]c(=O)[nH]c1O)NCCc1ccc(-c2ccc3ccccc3c2)cc1. The lowest BCUT2D eigenvalue weighted by molar-refractivity contribution is -0.120. The highest BCUT2D eigenvalue weighted by molar-refractivity contribution is 5.87. The summed E-state index contributed by atoms with van der Waals surface area (Å²) in [6.07, 6.45) is 0.616. The lowest BCUT2D eigenvalue weighted by Gasteiger charge is -2.07. The second kappa shape index (κ2) is 8.06. The van der Waals surface area contributed by atoms with Crippen molar-refractivity contribution in [1.82, 2.24) is 15.3 Å². The minimum atomic E-state index is -0.531. The van der Waals surface area contributed by atoms with Crippen molar-refractivity contribution in [1.29, 1.82) is 0 Å². The number of hydrogen-bond acceptors (Lipinski definition) is 3. The summed E-state index contributed by atoms with van der Waals surface area (Å²) in [5, 5.41) is 14.7. The predicted octanol–water partition coefficient (Wildman–Crippen LogP) is 3.13. The van der Waals surface area contributed by atoms with Crippen molar-refractivity contribution in [2.45, 2.75) is 12.8 Å². The third-order valence-corrected chi connectivity index (χ3v) is 4.89. The number of benzene rings is 3. The minimum Gasteiger partial charge on any atom is -0.493 e. The second-order valence-corrected chi connectivity index (χ2v) is 6.94. The molecule has 0 aliphatic rings. The molecule has 0 saturated heterocycles. The molecule has 4 N–H and O–H groups in total. The van der Waals surface area contributed by atoms with E-state index in [0.29, 0.717) is 13.0 Å². The van der Waals surface area contributed by atoms with E-state index in [2.05, 4.69) is 69.9 Å². The fraction of sp³-hybridized carbons (Fsp3) is 0.130. The molecule has 1 heterocycles. The van der Waals surface area contributed by atoms with Crippen LogP contribution in [0.25, 0.3) is 21.9 Å². The van der Waals surface area contributed by atoms with Crippen LogP contribution in [0.15, 0.2) is 71.5 Å². The largest absolute Gasteiger partial charge is 0.493 e. The Morgan fingerprint density at radius 2 is 1.62 bits per heavy atom. The van der Waals surface area contributed by atoms with Gasteiger partial charge in [-0.15, -0.1) is 0 Å². The molecule has 29 heavy (non-hydrogen) atoms. The fourth-order valence-corrected chi connectivity index (χ4v) is 3.34. The van der Waals surface area contributed by atoms with Crippen LogP contribution in [0.5, 0.6) is 5.88 Å². The Morgan fingerprint density at radius 3 is 2.34 bits per heavy atom. The molecule has 0 fully saturated rings. The van der Waals surface area contributed by atoms with Gasteiger partial charge in [0.15, 0.2) is 0 Å². The van der Waals surface area contributed by atoms with Crippen LogP contribution in [0, 0.1) is 0 Å². The van der Waals surface area contributed by atoms with Crippen LogP contribution in [0.3, 0.4) is 0 Å². The van der Waals surface area contributed by atoms with Crippen molar-refractivity contribution >= 4 is 16.7 Å². The molecule has 146 valence electrons. The van der Waals surface area contributed by atoms with Gasteiger partial charge in [-0.25, -0.2) is 4.79 Å². The quantitative estimate of drug-likeness (QED) is 0.409. The number of fused-ring (bicyclic) bond motifs is 1. The number of H-pyrrole nitrogens is 2. The number of rotatable bonds is 6. The van der Waals surface area contributed by atoms with E-state index in [4.69, 9.17) is 0 Å². The van der Waals surface area contributed by atoms with E-state index in [0.717, 1.165) is 11.1 Å². The predicted molar refractivity (Wildman–Crippen MR) is 113 cm³/mol. The van der Waals surface area contributed by atoms with Crippen molar-refractivity contribution < 1.29 is 9.90 Å². The molecule has 4 aromatic rings. The second-order valence-electron chi connectivity index (χ2n) is 6.94. The molecule has 0 unspecified atom stereocenters. The molecule has 0 bridgehead atoms. The van der Waals surface area contributed by atoms with Crippen molar-refractivity contribution in [3.63, 3.8) is 0 Å². The first-order valence-electron chi connectivity index (χ1n) is 9.43. The van der Waals surface area contributed by atoms with Crippen molar-refractivity contribution in [2.75, 3.05) is 6.54 Å². The fourth-order valence-electron chi connectivity index (χ4n) is 3.34. The van der Waals surface area contributed by atoms with E-state index in [9.17, 15) is 14.7 Å². The van der Waals surface area contributed by atoms with Gasteiger partial charge in [0.2, 0.25) is 11.8 Å². The van der Waals surface area contributed by atoms with Gasteiger partial charge in [-0.3, -0.25) is 9.78 Å². The average molecular weight is 387 g/mol. The molecule has 1 amide bonds. The Morgan fingerprint density at radius 1 is 0.897 bits per heavy atom. The molecule has 0 radical (unpaired) electrons. The van der Waals surface area contributed by atoms with E-state index >= 15 is 0 Å². The summed E-state index contributed by atoms with van der Waals surface area (Å²) in [4.78, 5) is 27.6. The van der Waals surface area contributed by atoms with E-state index in [1.165, 1.54) is 16.3 Å². The summed E-state index contributed by atoms with van der Waals surface area (Å²) in [7, 11) is 0. The van der Waals surface area contributed by atoms with Gasteiger partial charge in [-0.1, -0.05) is 60.7 Å². The number of aromatic amines is 2. The number of nitrogens with one attached hydrogen (secondary N) is 3. The maximum absolute atomic E-state index is 12.0. The van der Waals surface area contributed by atoms with Gasteiger partial charge in [0.05, 0.1) is 12.1 Å². The van der Waals surface area contributed by atoms with Crippen molar-refractivity contribution in [2.24, 2.45) is 0 Å². The normalized spacial score (nSPS) is 10.9. The van der Waals surface area contributed by atoms with E-state index in [-0.39, 0.29) is 23.9 Å². The van der Waals surface area contributed by atoms with Crippen molar-refractivity contribution in [3.8, 4) is 17.0 Å². The summed E-state index contributed by atoms with van der Waals surface area (Å²) < 4.78 is 0. The van der Waals surface area contributed by atoms with Gasteiger partial charge in [0.1, 0.15) is 0 Å². The number of carbonyl (C=O) groups excluding carboxylic acids is 1. The Labute approximate surface area is 167 Å². The number of carbonyl (C=O) groups is 1. The Balaban J connectivity index is 1.33. The third-order valence-electron chi connectivity index (χ3n) is 4.89. The van der Waals surface area contributed by atoms with Crippen LogP contribution in [0.4, 0.5) is 0 Å². The first-order valence-corrected chi connectivity index (χ1v) is 9.43. The maximum atomic E-state index is 12.0. The molecule has 6 heteroatoms. The molecule has 0 saturated carbocycles. The Hall–Kier alpha value is -3.80. The van der Waals surface area contributed by atoms with Gasteiger partial charge < -0.3 is 15.4 Å². The topological polar surface area (TPSA) is 98.0 Å². The van der Waals surface area contributed by atoms with E-state index in [1.54, 1.807) is 0 Å². The van der Waals surface area contributed by atoms with Crippen LogP contribution < -0.4 is 11.0 Å². The number of aromatic nitrogens is 2. The molecule has 0 atom stereocenters. The molecule has 3 aromatic carbocycles. The van der Waals surface area contributed by atoms with Crippen LogP contribution in [0.1, 0.15) is 11.3 Å². The number of amides is 1. The maximum Gasteiger partial charge on any atom is 0.325 e. The van der Waals surface area contributed by atoms with Crippen LogP contribution in [-0.2, 0) is 17.6 Å². The van der Waals surface area contributed by atoms with Gasteiger partial charge in [-0.2, -0.15) is 0 Å². The van der Waals surface area contributed by atoms with Crippen LogP contribution in [0.2, 0.25) is 0 Å².